The molecule has 0 aliphatic heterocycles. The van der Waals surface area contributed by atoms with Crippen LogP contribution < -0.4 is 10.9 Å². The Labute approximate surface area is 130 Å². The van der Waals surface area contributed by atoms with Crippen molar-refractivity contribution in [3.8, 4) is 0 Å². The van der Waals surface area contributed by atoms with Crippen LogP contribution in [-0.2, 0) is 24.7 Å². The zero-order valence-electron chi connectivity index (χ0n) is 12.1. The summed E-state index contributed by atoms with van der Waals surface area (Å²) in [4.78, 5) is 30.8. The third-order valence-corrected chi connectivity index (χ3v) is 5.83. The average Bonchev–Trinajstić information content (AvgIpc) is 3.01. The van der Waals surface area contributed by atoms with Gasteiger partial charge in [-0.3, -0.25) is 14.2 Å². The van der Waals surface area contributed by atoms with Crippen molar-refractivity contribution < 1.29 is 4.79 Å². The number of fused-ring (bicyclic) bond motifs is 3. The van der Waals surface area contributed by atoms with Gasteiger partial charge in [0, 0.05) is 18.5 Å². The van der Waals surface area contributed by atoms with Crippen LogP contribution in [0.2, 0.25) is 0 Å². The lowest BCUT2D eigenvalue weighted by atomic mass is 10.2. The minimum Gasteiger partial charge on any atom is -0.356 e. The van der Waals surface area contributed by atoms with Crippen molar-refractivity contribution in [2.45, 2.75) is 31.3 Å². The monoisotopic (exact) mass is 323 g/mol. The SMILES string of the molecule is CCNC(=O)CSc1nc2sc3c(c2c(=O)n1C)CCC3. The molecule has 112 valence electrons. The molecule has 0 fully saturated rings. The second-order valence-corrected chi connectivity index (χ2v) is 7.06. The van der Waals surface area contributed by atoms with Crippen LogP contribution in [-0.4, -0.2) is 27.8 Å². The first-order chi connectivity index (χ1) is 10.1. The van der Waals surface area contributed by atoms with Crippen molar-refractivity contribution in [3.63, 3.8) is 0 Å². The van der Waals surface area contributed by atoms with Gasteiger partial charge < -0.3 is 5.32 Å². The molecule has 2 heterocycles. The molecule has 0 aromatic carbocycles. The highest BCUT2D eigenvalue weighted by Gasteiger charge is 2.22. The Morgan fingerprint density at radius 3 is 3.05 bits per heavy atom. The van der Waals surface area contributed by atoms with Crippen LogP contribution in [0.1, 0.15) is 23.8 Å². The van der Waals surface area contributed by atoms with Crippen molar-refractivity contribution in [1.29, 1.82) is 0 Å². The van der Waals surface area contributed by atoms with Gasteiger partial charge in [-0.15, -0.1) is 11.3 Å². The molecule has 2 aromatic heterocycles. The Bertz CT molecular complexity index is 764. The molecule has 5 nitrogen and oxygen atoms in total. The predicted octanol–water partition coefficient (Wildman–Crippen LogP) is 1.71. The lowest BCUT2D eigenvalue weighted by Gasteiger charge is -2.07. The number of amides is 1. The van der Waals surface area contributed by atoms with Crippen LogP contribution in [0, 0.1) is 0 Å². The van der Waals surface area contributed by atoms with Gasteiger partial charge in [-0.1, -0.05) is 11.8 Å². The highest BCUT2D eigenvalue weighted by atomic mass is 32.2. The minimum atomic E-state index is -0.0366. The summed E-state index contributed by atoms with van der Waals surface area (Å²) in [5.41, 5.74) is 1.21. The van der Waals surface area contributed by atoms with E-state index < -0.39 is 0 Å². The summed E-state index contributed by atoms with van der Waals surface area (Å²) in [6.07, 6.45) is 3.17. The van der Waals surface area contributed by atoms with E-state index >= 15 is 0 Å². The number of carbonyl (C=O) groups is 1. The molecule has 1 aliphatic rings. The fourth-order valence-electron chi connectivity index (χ4n) is 2.61. The summed E-state index contributed by atoms with van der Waals surface area (Å²) in [7, 11) is 1.73. The Kier molecular flexibility index (Phi) is 4.03. The Hall–Kier alpha value is -1.34. The Balaban J connectivity index is 1.96. The Morgan fingerprint density at radius 2 is 2.29 bits per heavy atom. The Morgan fingerprint density at radius 1 is 1.48 bits per heavy atom. The molecule has 0 saturated carbocycles. The first-order valence-electron chi connectivity index (χ1n) is 7.02. The third kappa shape index (κ3) is 2.60. The highest BCUT2D eigenvalue weighted by molar-refractivity contribution is 7.99. The molecular formula is C14H17N3O2S2. The molecule has 3 rings (SSSR count). The van der Waals surface area contributed by atoms with Crippen molar-refractivity contribution in [3.05, 3.63) is 20.8 Å². The summed E-state index contributed by atoms with van der Waals surface area (Å²) >= 11 is 2.94. The topological polar surface area (TPSA) is 64.0 Å². The van der Waals surface area contributed by atoms with Crippen LogP contribution in [0.25, 0.3) is 10.2 Å². The van der Waals surface area contributed by atoms with Crippen LogP contribution in [0.5, 0.6) is 0 Å². The number of aromatic nitrogens is 2. The maximum absolute atomic E-state index is 12.6. The lowest BCUT2D eigenvalue weighted by Crippen LogP contribution is -2.25. The summed E-state index contributed by atoms with van der Waals surface area (Å²) in [6, 6.07) is 0. The van der Waals surface area contributed by atoms with E-state index in [1.807, 2.05) is 6.92 Å². The van der Waals surface area contributed by atoms with Gasteiger partial charge in [0.2, 0.25) is 5.91 Å². The van der Waals surface area contributed by atoms with Crippen LogP contribution in [0.3, 0.4) is 0 Å². The predicted molar refractivity (Wildman–Crippen MR) is 86.3 cm³/mol. The van der Waals surface area contributed by atoms with E-state index in [-0.39, 0.29) is 17.2 Å². The second kappa shape index (κ2) is 5.81. The van der Waals surface area contributed by atoms with E-state index in [2.05, 4.69) is 10.3 Å². The molecule has 0 saturated heterocycles. The highest BCUT2D eigenvalue weighted by Crippen LogP contribution is 2.35. The van der Waals surface area contributed by atoms with Gasteiger partial charge in [0.15, 0.2) is 5.16 Å². The molecule has 1 amide bonds. The maximum atomic E-state index is 12.6. The fourth-order valence-corrected chi connectivity index (χ4v) is 4.72. The molecule has 21 heavy (non-hydrogen) atoms. The van der Waals surface area contributed by atoms with E-state index in [0.717, 1.165) is 29.5 Å². The average molecular weight is 323 g/mol. The second-order valence-electron chi connectivity index (χ2n) is 5.04. The molecular weight excluding hydrogens is 306 g/mol. The van der Waals surface area contributed by atoms with Gasteiger partial charge in [-0.25, -0.2) is 4.98 Å². The largest absolute Gasteiger partial charge is 0.356 e. The zero-order valence-corrected chi connectivity index (χ0v) is 13.7. The molecule has 7 heteroatoms. The number of carbonyl (C=O) groups excluding carboxylic acids is 1. The van der Waals surface area contributed by atoms with Crippen LogP contribution in [0.15, 0.2) is 9.95 Å². The van der Waals surface area contributed by atoms with Crippen LogP contribution >= 0.6 is 23.1 Å². The van der Waals surface area contributed by atoms with Crippen molar-refractivity contribution in [2.24, 2.45) is 7.05 Å². The third-order valence-electron chi connectivity index (χ3n) is 3.61. The van der Waals surface area contributed by atoms with Crippen molar-refractivity contribution in [1.82, 2.24) is 14.9 Å². The molecule has 0 atom stereocenters. The molecule has 1 N–H and O–H groups in total. The number of thiophene rings is 1. The number of aryl methyl sites for hydroxylation is 2. The van der Waals surface area contributed by atoms with Gasteiger partial charge >= 0.3 is 0 Å². The van der Waals surface area contributed by atoms with E-state index in [0.29, 0.717) is 11.7 Å². The number of rotatable bonds is 4. The standard InChI is InChI=1S/C14H17N3O2S2/c1-3-15-10(18)7-20-14-16-12-11(13(19)17(14)2)8-5-4-6-9(8)21-12/h3-7H2,1-2H3,(H,15,18). The van der Waals surface area contributed by atoms with Crippen LogP contribution in [0.4, 0.5) is 0 Å². The van der Waals surface area contributed by atoms with Gasteiger partial charge in [0.05, 0.1) is 11.1 Å². The lowest BCUT2D eigenvalue weighted by molar-refractivity contribution is -0.118. The number of nitrogens with zero attached hydrogens (tertiary/aromatic N) is 2. The van der Waals surface area contributed by atoms with Crippen molar-refractivity contribution >= 4 is 39.2 Å². The smallest absolute Gasteiger partial charge is 0.262 e. The normalized spacial score (nSPS) is 13.6. The summed E-state index contributed by atoms with van der Waals surface area (Å²) in [5, 5.41) is 4.15. The minimum absolute atomic E-state index is 0.0119. The molecule has 1 aliphatic carbocycles. The first-order valence-corrected chi connectivity index (χ1v) is 8.82. The summed E-state index contributed by atoms with van der Waals surface area (Å²) < 4.78 is 1.57. The quantitative estimate of drug-likeness (QED) is 0.687. The molecule has 0 radical (unpaired) electrons. The molecule has 2 aromatic rings. The van der Waals surface area contributed by atoms with E-state index in [9.17, 15) is 9.59 Å². The molecule has 0 bridgehead atoms. The summed E-state index contributed by atoms with van der Waals surface area (Å²) in [6.45, 7) is 2.50. The first kappa shape index (κ1) is 14.6. The number of hydrogen-bond acceptors (Lipinski definition) is 5. The maximum Gasteiger partial charge on any atom is 0.262 e. The number of nitrogens with one attached hydrogen (secondary N) is 1. The fraction of sp³-hybridized carbons (Fsp3) is 0.500. The molecule has 0 spiro atoms. The van der Waals surface area contributed by atoms with Gasteiger partial charge in [0.1, 0.15) is 4.83 Å². The van der Waals surface area contributed by atoms with E-state index in [4.69, 9.17) is 0 Å². The number of hydrogen-bond donors (Lipinski definition) is 1. The zero-order chi connectivity index (χ0) is 15.0. The van der Waals surface area contributed by atoms with Gasteiger partial charge in [-0.05, 0) is 31.7 Å². The number of thioether (sulfide) groups is 1. The molecule has 0 unspecified atom stereocenters. The van der Waals surface area contributed by atoms with Gasteiger partial charge in [-0.2, -0.15) is 0 Å². The summed E-state index contributed by atoms with van der Waals surface area (Å²) in [5.74, 6) is 0.246. The van der Waals surface area contributed by atoms with E-state index in [1.54, 1.807) is 23.0 Å². The van der Waals surface area contributed by atoms with E-state index in [1.165, 1.54) is 22.2 Å². The van der Waals surface area contributed by atoms with Crippen molar-refractivity contribution in [2.75, 3.05) is 12.3 Å². The van der Waals surface area contributed by atoms with Gasteiger partial charge in [0.25, 0.3) is 5.56 Å².